The van der Waals surface area contributed by atoms with Crippen LogP contribution in [0.4, 0.5) is 23.2 Å². The van der Waals surface area contributed by atoms with Crippen molar-refractivity contribution in [1.29, 1.82) is 0 Å². The lowest BCUT2D eigenvalue weighted by molar-refractivity contribution is -0.231. The van der Waals surface area contributed by atoms with Gasteiger partial charge in [0.2, 0.25) is 17.6 Å². The second kappa shape index (κ2) is 14.5. The first kappa shape index (κ1) is 36.2. The SMILES string of the molecule is NC[C@H]1CC[C@H](C(=O)N[C@@H](Cc2ccc(-c3ccc4c(c3)CNC4=O)cc2)C(=O)Nc2ccc(-c3nc(C(F)(F)C(F)(F)C(=O)O)n[nH]3)cc2)CC1. The Labute approximate surface area is 294 Å². The number of benzene rings is 3. The topological polar surface area (TPSA) is 192 Å². The molecule has 1 aliphatic heterocycles. The number of nitrogens with zero attached hydrogens (tertiary/aromatic N) is 2. The van der Waals surface area contributed by atoms with Crippen LogP contribution >= 0.6 is 0 Å². The molecule has 3 amide bonds. The predicted molar refractivity (Wildman–Crippen MR) is 180 cm³/mol. The fourth-order valence-corrected chi connectivity index (χ4v) is 6.39. The number of hydrogen-bond donors (Lipinski definition) is 6. The Morgan fingerprint density at radius 3 is 2.23 bits per heavy atom. The maximum absolute atomic E-state index is 14.2. The van der Waals surface area contributed by atoms with E-state index in [2.05, 4.69) is 31.1 Å². The van der Waals surface area contributed by atoms with Crippen molar-refractivity contribution in [2.45, 2.75) is 56.5 Å². The van der Waals surface area contributed by atoms with Crippen molar-refractivity contribution in [1.82, 2.24) is 25.8 Å². The van der Waals surface area contributed by atoms with Crippen LogP contribution in [0.2, 0.25) is 0 Å². The fraction of sp³-hybridized carbons (Fsp3) is 0.333. The molecule has 1 saturated carbocycles. The molecule has 1 fully saturated rings. The summed E-state index contributed by atoms with van der Waals surface area (Å²) in [7, 11) is 0. The number of amides is 3. The molecular formula is C36H35F4N7O5. The van der Waals surface area contributed by atoms with Gasteiger partial charge in [-0.05, 0) is 96.8 Å². The number of aromatic amines is 1. The van der Waals surface area contributed by atoms with Gasteiger partial charge in [-0.3, -0.25) is 19.5 Å². The molecule has 0 radical (unpaired) electrons. The number of halogens is 4. The molecule has 3 aromatic carbocycles. The van der Waals surface area contributed by atoms with Crippen LogP contribution in [0.3, 0.4) is 0 Å². The minimum atomic E-state index is -5.44. The number of nitrogens with one attached hydrogen (secondary N) is 4. The number of carbonyl (C=O) groups excluding carboxylic acids is 3. The van der Waals surface area contributed by atoms with E-state index in [1.807, 2.05) is 36.4 Å². The highest BCUT2D eigenvalue weighted by molar-refractivity contribution is 5.99. The van der Waals surface area contributed by atoms with E-state index in [-0.39, 0.29) is 41.2 Å². The summed E-state index contributed by atoms with van der Waals surface area (Å²) < 4.78 is 55.6. The second-order valence-electron chi connectivity index (χ2n) is 13.0. The number of carboxylic acids is 1. The molecule has 0 unspecified atom stereocenters. The van der Waals surface area contributed by atoms with Gasteiger partial charge in [-0.2, -0.15) is 22.7 Å². The lowest BCUT2D eigenvalue weighted by Gasteiger charge is -2.28. The average molecular weight is 722 g/mol. The summed E-state index contributed by atoms with van der Waals surface area (Å²) in [5.74, 6) is -16.5. The summed E-state index contributed by atoms with van der Waals surface area (Å²) >= 11 is 0. The van der Waals surface area contributed by atoms with Gasteiger partial charge >= 0.3 is 17.8 Å². The first-order valence-corrected chi connectivity index (χ1v) is 16.6. The zero-order chi connectivity index (χ0) is 37.2. The smallest absolute Gasteiger partial charge is 0.411 e. The minimum absolute atomic E-state index is 0.105. The van der Waals surface area contributed by atoms with Crippen LogP contribution in [0, 0.1) is 11.8 Å². The van der Waals surface area contributed by atoms with Gasteiger partial charge in [0.05, 0.1) is 0 Å². The molecule has 1 aliphatic carbocycles. The normalized spacial score (nSPS) is 17.9. The molecule has 6 rings (SSSR count). The summed E-state index contributed by atoms with van der Waals surface area (Å²) in [6, 6.07) is 17.7. The molecule has 52 heavy (non-hydrogen) atoms. The number of H-pyrrole nitrogens is 1. The Kier molecular flexibility index (Phi) is 10.1. The average Bonchev–Trinajstić information content (AvgIpc) is 3.79. The van der Waals surface area contributed by atoms with Crippen LogP contribution in [0.1, 0.15) is 53.0 Å². The van der Waals surface area contributed by atoms with Crippen LogP contribution in [0.5, 0.6) is 0 Å². The molecule has 272 valence electrons. The van der Waals surface area contributed by atoms with Gasteiger partial charge in [-0.1, -0.05) is 30.3 Å². The van der Waals surface area contributed by atoms with Crippen molar-refractivity contribution in [3.63, 3.8) is 0 Å². The number of anilines is 1. The van der Waals surface area contributed by atoms with Gasteiger partial charge in [0, 0.05) is 35.7 Å². The van der Waals surface area contributed by atoms with E-state index in [0.717, 1.165) is 35.1 Å². The lowest BCUT2D eigenvalue weighted by Crippen LogP contribution is -2.48. The van der Waals surface area contributed by atoms with Crippen molar-refractivity contribution >= 4 is 29.4 Å². The third kappa shape index (κ3) is 7.37. The molecule has 12 nitrogen and oxygen atoms in total. The predicted octanol–water partition coefficient (Wildman–Crippen LogP) is 4.62. The standard InChI is InChI=1S/C36H35F4N7O5/c37-35(38,36(39,40)34(51)52)33-45-29(46-47-33)22-9-12-26(13-10-22)43-32(50)28(44-30(48)23-7-3-20(17-41)4-8-23)15-19-1-5-21(6-2-19)24-11-14-27-25(16-24)18-42-31(27)49/h1-2,5-6,9-14,16,20,23,28H,3-4,7-8,15,17-18,41H2,(H,42,49)(H,43,50)(H,44,48)(H,51,52)(H,45,46,47)/t20-,23-,28-/m0/s1. The molecule has 2 aliphatic rings. The van der Waals surface area contributed by atoms with Crippen LogP contribution in [0.15, 0.2) is 66.7 Å². The van der Waals surface area contributed by atoms with Gasteiger partial charge in [0.1, 0.15) is 6.04 Å². The first-order chi connectivity index (χ1) is 24.8. The molecule has 0 spiro atoms. The van der Waals surface area contributed by atoms with Crippen LogP contribution in [0.25, 0.3) is 22.5 Å². The number of nitrogens with two attached hydrogens (primary N) is 1. The minimum Gasteiger partial charge on any atom is -0.477 e. The first-order valence-electron chi connectivity index (χ1n) is 16.6. The molecule has 1 atom stereocenters. The van der Waals surface area contributed by atoms with E-state index in [1.54, 1.807) is 6.07 Å². The second-order valence-corrected chi connectivity index (χ2v) is 13.0. The van der Waals surface area contributed by atoms with Crippen LogP contribution in [-0.2, 0) is 33.3 Å². The van der Waals surface area contributed by atoms with Gasteiger partial charge < -0.3 is 26.8 Å². The number of alkyl halides is 4. The quantitative estimate of drug-likeness (QED) is 0.114. The van der Waals surface area contributed by atoms with Crippen molar-refractivity contribution in [3.8, 4) is 22.5 Å². The molecular weight excluding hydrogens is 686 g/mol. The maximum Gasteiger partial charge on any atom is 0.411 e. The number of carboxylic acid groups (broad SMARTS) is 1. The summed E-state index contributed by atoms with van der Waals surface area (Å²) in [5, 5.41) is 22.2. The maximum atomic E-state index is 14.2. The summed E-state index contributed by atoms with van der Waals surface area (Å²) in [4.78, 5) is 53.1. The third-order valence-corrected chi connectivity index (χ3v) is 9.56. The molecule has 16 heteroatoms. The highest BCUT2D eigenvalue weighted by Gasteiger charge is 2.66. The number of aromatic nitrogens is 3. The number of carbonyl (C=O) groups is 4. The molecule has 1 aromatic heterocycles. The van der Waals surface area contributed by atoms with Crippen molar-refractivity contribution in [2.75, 3.05) is 11.9 Å². The highest BCUT2D eigenvalue weighted by Crippen LogP contribution is 2.42. The van der Waals surface area contributed by atoms with E-state index in [0.29, 0.717) is 37.4 Å². The van der Waals surface area contributed by atoms with Gasteiger partial charge in [0.15, 0.2) is 5.82 Å². The van der Waals surface area contributed by atoms with Crippen molar-refractivity contribution in [3.05, 3.63) is 89.2 Å². The van der Waals surface area contributed by atoms with Crippen LogP contribution < -0.4 is 21.7 Å². The Morgan fingerprint density at radius 1 is 0.923 bits per heavy atom. The fourth-order valence-electron chi connectivity index (χ4n) is 6.39. The molecule has 0 bridgehead atoms. The number of aliphatic carboxylic acids is 1. The van der Waals surface area contributed by atoms with Crippen molar-refractivity contribution < 1.29 is 41.8 Å². The molecule has 4 aromatic rings. The number of rotatable bonds is 12. The van der Waals surface area contributed by atoms with E-state index in [9.17, 15) is 36.7 Å². The summed E-state index contributed by atoms with van der Waals surface area (Å²) in [6.07, 6.45) is 3.11. The van der Waals surface area contributed by atoms with Gasteiger partial charge in [0.25, 0.3) is 5.91 Å². The largest absolute Gasteiger partial charge is 0.477 e. The Balaban J connectivity index is 1.17. The van der Waals surface area contributed by atoms with E-state index < -0.39 is 35.6 Å². The van der Waals surface area contributed by atoms with E-state index in [4.69, 9.17) is 10.8 Å². The zero-order valence-electron chi connectivity index (χ0n) is 27.6. The van der Waals surface area contributed by atoms with E-state index in [1.165, 1.54) is 24.3 Å². The molecule has 7 N–H and O–H groups in total. The number of hydrogen-bond acceptors (Lipinski definition) is 7. The Hall–Kier alpha value is -5.64. The Morgan fingerprint density at radius 2 is 1.58 bits per heavy atom. The van der Waals surface area contributed by atoms with Gasteiger partial charge in [-0.25, -0.2) is 9.78 Å². The molecule has 2 heterocycles. The summed E-state index contributed by atoms with van der Waals surface area (Å²) in [6.45, 7) is 1.02. The monoisotopic (exact) mass is 721 g/mol. The van der Waals surface area contributed by atoms with Crippen molar-refractivity contribution in [2.24, 2.45) is 17.6 Å². The third-order valence-electron chi connectivity index (χ3n) is 9.56. The highest BCUT2D eigenvalue weighted by atomic mass is 19.3. The number of fused-ring (bicyclic) bond motifs is 1. The van der Waals surface area contributed by atoms with E-state index >= 15 is 0 Å². The lowest BCUT2D eigenvalue weighted by atomic mass is 9.81. The zero-order valence-corrected chi connectivity index (χ0v) is 27.6. The van der Waals surface area contributed by atoms with Gasteiger partial charge in [-0.15, -0.1) is 0 Å². The van der Waals surface area contributed by atoms with Crippen LogP contribution in [-0.4, -0.2) is 62.5 Å². The Bertz CT molecular complexity index is 1980. The molecule has 0 saturated heterocycles. The summed E-state index contributed by atoms with van der Waals surface area (Å²) in [5.41, 5.74) is 10.4.